The Labute approximate surface area is 130 Å². The van der Waals surface area contributed by atoms with Crippen molar-refractivity contribution in [2.75, 3.05) is 0 Å². The molecule has 120 valence electrons. The van der Waals surface area contributed by atoms with Gasteiger partial charge >= 0.3 is 6.18 Å². The molecule has 0 aliphatic carbocycles. The van der Waals surface area contributed by atoms with Crippen molar-refractivity contribution >= 4 is 15.4 Å². The van der Waals surface area contributed by atoms with Gasteiger partial charge in [0.05, 0.1) is 32.9 Å². The Morgan fingerprint density at radius 2 is 1.83 bits per heavy atom. The summed E-state index contributed by atoms with van der Waals surface area (Å²) in [6.45, 7) is 0. The topological polar surface area (TPSA) is 58.2 Å². The van der Waals surface area contributed by atoms with Crippen molar-refractivity contribution in [1.82, 2.24) is 9.38 Å². The SMILES string of the molecule is N=S(=O)(Cc1cnc2ccc(C(F)(F)F)cn12)c1ccccc1. The molecule has 1 atom stereocenters. The molecule has 0 saturated heterocycles. The van der Waals surface area contributed by atoms with Crippen molar-refractivity contribution in [1.29, 1.82) is 4.78 Å². The van der Waals surface area contributed by atoms with Gasteiger partial charge in [0.15, 0.2) is 0 Å². The first-order chi connectivity index (χ1) is 10.8. The molecule has 2 aromatic heterocycles. The zero-order valence-corrected chi connectivity index (χ0v) is 12.6. The van der Waals surface area contributed by atoms with E-state index in [9.17, 15) is 17.4 Å². The molecule has 2 heterocycles. The number of alkyl halides is 3. The number of nitrogens with zero attached hydrogens (tertiary/aromatic N) is 2. The van der Waals surface area contributed by atoms with Crippen molar-refractivity contribution in [3.63, 3.8) is 0 Å². The van der Waals surface area contributed by atoms with Gasteiger partial charge < -0.3 is 4.40 Å². The van der Waals surface area contributed by atoms with Crippen LogP contribution in [0.4, 0.5) is 13.2 Å². The van der Waals surface area contributed by atoms with Gasteiger partial charge in [0.1, 0.15) is 5.65 Å². The number of benzene rings is 1. The molecule has 0 saturated carbocycles. The van der Waals surface area contributed by atoms with Crippen LogP contribution in [0.1, 0.15) is 11.3 Å². The molecule has 3 aromatic rings. The van der Waals surface area contributed by atoms with Gasteiger partial charge in [-0.3, -0.25) is 0 Å². The highest BCUT2D eigenvalue weighted by atomic mass is 32.2. The summed E-state index contributed by atoms with van der Waals surface area (Å²) in [5, 5.41) is 0. The first-order valence-electron chi connectivity index (χ1n) is 6.62. The second-order valence-corrected chi connectivity index (χ2v) is 7.14. The predicted molar refractivity (Wildman–Crippen MR) is 79.5 cm³/mol. The number of aromatic nitrogens is 2. The lowest BCUT2D eigenvalue weighted by Crippen LogP contribution is -2.09. The third kappa shape index (κ3) is 3.07. The molecular formula is C15H12F3N3OS. The Hall–Kier alpha value is -2.35. The highest BCUT2D eigenvalue weighted by Gasteiger charge is 2.31. The maximum Gasteiger partial charge on any atom is 0.417 e. The fourth-order valence-corrected chi connectivity index (χ4v) is 3.63. The van der Waals surface area contributed by atoms with E-state index in [-0.39, 0.29) is 5.75 Å². The highest BCUT2D eigenvalue weighted by Crippen LogP contribution is 2.29. The Morgan fingerprint density at radius 3 is 2.48 bits per heavy atom. The largest absolute Gasteiger partial charge is 0.417 e. The highest BCUT2D eigenvalue weighted by molar-refractivity contribution is 7.91. The quantitative estimate of drug-likeness (QED) is 0.785. The fourth-order valence-electron chi connectivity index (χ4n) is 2.24. The lowest BCUT2D eigenvalue weighted by atomic mass is 10.3. The predicted octanol–water partition coefficient (Wildman–Crippen LogP) is 3.96. The molecule has 0 spiro atoms. The Balaban J connectivity index is 2.04. The van der Waals surface area contributed by atoms with Gasteiger partial charge in [0.25, 0.3) is 0 Å². The van der Waals surface area contributed by atoms with Crippen LogP contribution in [0.3, 0.4) is 0 Å². The van der Waals surface area contributed by atoms with Crippen molar-refractivity contribution in [2.45, 2.75) is 16.8 Å². The summed E-state index contributed by atoms with van der Waals surface area (Å²) in [5.74, 6) is -0.209. The van der Waals surface area contributed by atoms with E-state index in [2.05, 4.69) is 4.98 Å². The third-order valence-corrected chi connectivity index (χ3v) is 5.12. The van der Waals surface area contributed by atoms with Gasteiger partial charge in [-0.1, -0.05) is 18.2 Å². The normalized spacial score (nSPS) is 14.7. The average Bonchev–Trinajstić information content (AvgIpc) is 2.89. The number of halogens is 3. The Morgan fingerprint density at radius 1 is 1.13 bits per heavy atom. The number of imidazole rings is 1. The number of rotatable bonds is 3. The minimum absolute atomic E-state index is 0.209. The van der Waals surface area contributed by atoms with Crippen LogP contribution in [0.2, 0.25) is 0 Å². The second-order valence-electron chi connectivity index (χ2n) is 5.03. The number of hydrogen-bond donors (Lipinski definition) is 1. The van der Waals surface area contributed by atoms with Gasteiger partial charge in [0.2, 0.25) is 0 Å². The van der Waals surface area contributed by atoms with E-state index >= 15 is 0 Å². The molecule has 4 nitrogen and oxygen atoms in total. The molecule has 0 aliphatic rings. The van der Waals surface area contributed by atoms with Crippen molar-refractivity contribution in [3.8, 4) is 0 Å². The molecular weight excluding hydrogens is 327 g/mol. The summed E-state index contributed by atoms with van der Waals surface area (Å²) in [4.78, 5) is 4.34. The minimum Gasteiger partial charge on any atom is -0.302 e. The summed E-state index contributed by atoms with van der Waals surface area (Å²) < 4.78 is 60.4. The van der Waals surface area contributed by atoms with E-state index in [0.29, 0.717) is 16.2 Å². The van der Waals surface area contributed by atoms with Crippen LogP contribution in [0.5, 0.6) is 0 Å². The van der Waals surface area contributed by atoms with Crippen molar-refractivity contribution < 1.29 is 17.4 Å². The monoisotopic (exact) mass is 339 g/mol. The summed E-state index contributed by atoms with van der Waals surface area (Å²) in [6.07, 6.45) is -2.21. The lowest BCUT2D eigenvalue weighted by molar-refractivity contribution is -0.137. The number of nitrogens with one attached hydrogen (secondary N) is 1. The van der Waals surface area contributed by atoms with Crippen LogP contribution in [0, 0.1) is 4.78 Å². The molecule has 0 bridgehead atoms. The second kappa shape index (κ2) is 5.38. The van der Waals surface area contributed by atoms with Crippen LogP contribution < -0.4 is 0 Å². The van der Waals surface area contributed by atoms with E-state index in [4.69, 9.17) is 4.78 Å². The molecule has 1 unspecified atom stereocenters. The standard InChI is InChI=1S/C15H12F3N3OS/c16-15(17,18)11-6-7-14-20-8-12(21(14)9-11)10-23(19,22)13-4-2-1-3-5-13/h1-9,19H,10H2. The van der Waals surface area contributed by atoms with Crippen LogP contribution in [-0.4, -0.2) is 13.6 Å². The molecule has 0 fully saturated rings. The lowest BCUT2D eigenvalue weighted by Gasteiger charge is -2.10. The molecule has 3 rings (SSSR count). The van der Waals surface area contributed by atoms with Gasteiger partial charge in [-0.05, 0) is 24.3 Å². The van der Waals surface area contributed by atoms with Crippen LogP contribution in [0.15, 0.2) is 59.8 Å². The number of hydrogen-bond acceptors (Lipinski definition) is 3. The van der Waals surface area contributed by atoms with Crippen LogP contribution >= 0.6 is 0 Å². The summed E-state index contributed by atoms with van der Waals surface area (Å²) in [5.41, 5.74) is -0.202. The van der Waals surface area contributed by atoms with E-state index in [1.54, 1.807) is 30.3 Å². The Kier molecular flexibility index (Phi) is 3.63. The van der Waals surface area contributed by atoms with Crippen LogP contribution in [0.25, 0.3) is 5.65 Å². The molecule has 8 heteroatoms. The van der Waals surface area contributed by atoms with E-state index in [1.807, 2.05) is 0 Å². The van der Waals surface area contributed by atoms with Gasteiger partial charge in [0, 0.05) is 11.1 Å². The average molecular weight is 339 g/mol. The maximum atomic E-state index is 12.8. The molecule has 1 aromatic carbocycles. The Bertz CT molecular complexity index is 947. The van der Waals surface area contributed by atoms with E-state index in [1.165, 1.54) is 16.7 Å². The zero-order chi connectivity index (χ0) is 16.7. The molecule has 0 aliphatic heterocycles. The van der Waals surface area contributed by atoms with E-state index < -0.39 is 21.5 Å². The zero-order valence-electron chi connectivity index (χ0n) is 11.7. The first kappa shape index (κ1) is 15.5. The summed E-state index contributed by atoms with van der Waals surface area (Å²) >= 11 is 0. The number of fused-ring (bicyclic) bond motifs is 1. The van der Waals surface area contributed by atoms with E-state index in [0.717, 1.165) is 12.3 Å². The molecule has 0 radical (unpaired) electrons. The fraction of sp³-hybridized carbons (Fsp3) is 0.133. The first-order valence-corrected chi connectivity index (χ1v) is 8.35. The van der Waals surface area contributed by atoms with Crippen molar-refractivity contribution in [3.05, 3.63) is 66.1 Å². The van der Waals surface area contributed by atoms with Crippen LogP contribution in [-0.2, 0) is 21.7 Å². The number of pyridine rings is 1. The smallest absolute Gasteiger partial charge is 0.302 e. The van der Waals surface area contributed by atoms with Gasteiger partial charge in [-0.15, -0.1) is 0 Å². The van der Waals surface area contributed by atoms with Gasteiger partial charge in [-0.25, -0.2) is 14.0 Å². The summed E-state index contributed by atoms with van der Waals surface area (Å²) in [7, 11) is -3.17. The van der Waals surface area contributed by atoms with Gasteiger partial charge in [-0.2, -0.15) is 13.2 Å². The minimum atomic E-state index is -4.47. The maximum absolute atomic E-state index is 12.8. The third-order valence-electron chi connectivity index (χ3n) is 3.38. The molecule has 1 N–H and O–H groups in total. The van der Waals surface area contributed by atoms with Crippen molar-refractivity contribution in [2.24, 2.45) is 0 Å². The molecule has 0 amide bonds. The molecule has 23 heavy (non-hydrogen) atoms. The summed E-state index contributed by atoms with van der Waals surface area (Å²) in [6, 6.07) is 10.4.